The first-order chi connectivity index (χ1) is 16.7. The van der Waals surface area contributed by atoms with Crippen molar-refractivity contribution < 1.29 is 49.0 Å². The Bertz CT molecular complexity index is 1380. The van der Waals surface area contributed by atoms with E-state index in [0.29, 0.717) is 0 Å². The monoisotopic (exact) mass is 537 g/mol. The third-order valence-electron chi connectivity index (χ3n) is 4.47. The minimum Gasteiger partial charge on any atom is -0.462 e. The van der Waals surface area contributed by atoms with E-state index in [4.69, 9.17) is 4.74 Å². The number of carbonyl (C=O) groups excluding carboxylic acids is 1. The van der Waals surface area contributed by atoms with Crippen LogP contribution in [0.2, 0.25) is 0 Å². The molecule has 15 heteroatoms. The second-order valence-electron chi connectivity index (χ2n) is 7.05. The Hall–Kier alpha value is -3.59. The van der Waals surface area contributed by atoms with Crippen molar-refractivity contribution in [3.05, 3.63) is 54.2 Å². The fraction of sp³-hybridized carbons (Fsp3) is 0.238. The summed E-state index contributed by atoms with van der Waals surface area (Å²) < 4.78 is 112. The molecular formula is C21H17F6N3O5S. The van der Waals surface area contributed by atoms with E-state index in [0.717, 1.165) is 24.4 Å². The molecule has 2 N–H and O–H groups in total. The number of anilines is 2. The van der Waals surface area contributed by atoms with Crippen LogP contribution in [0.3, 0.4) is 0 Å². The van der Waals surface area contributed by atoms with Crippen molar-refractivity contribution >= 4 is 38.3 Å². The van der Waals surface area contributed by atoms with Gasteiger partial charge in [0.25, 0.3) is 0 Å². The Morgan fingerprint density at radius 1 is 1.06 bits per heavy atom. The van der Waals surface area contributed by atoms with Gasteiger partial charge in [-0.3, -0.25) is 4.98 Å². The fourth-order valence-corrected chi connectivity index (χ4v) is 4.24. The van der Waals surface area contributed by atoms with Crippen molar-refractivity contribution in [1.82, 2.24) is 9.71 Å². The van der Waals surface area contributed by atoms with Gasteiger partial charge in [-0.25, -0.2) is 17.9 Å². The van der Waals surface area contributed by atoms with Gasteiger partial charge in [0.1, 0.15) is 22.8 Å². The predicted molar refractivity (Wildman–Crippen MR) is 115 cm³/mol. The van der Waals surface area contributed by atoms with Crippen LogP contribution in [0, 0.1) is 0 Å². The van der Waals surface area contributed by atoms with Crippen LogP contribution in [-0.2, 0) is 14.8 Å². The van der Waals surface area contributed by atoms with Gasteiger partial charge in [-0.05, 0) is 37.3 Å². The number of esters is 1. The molecule has 0 amide bonds. The Kier molecular flexibility index (Phi) is 7.64. The number of benzene rings is 2. The Morgan fingerprint density at radius 3 is 2.39 bits per heavy atom. The van der Waals surface area contributed by atoms with Crippen LogP contribution in [0.1, 0.15) is 17.3 Å². The number of pyridine rings is 1. The van der Waals surface area contributed by atoms with E-state index in [1.807, 2.05) is 0 Å². The van der Waals surface area contributed by atoms with Crippen LogP contribution in [0.5, 0.6) is 5.75 Å². The van der Waals surface area contributed by atoms with Crippen LogP contribution in [0.25, 0.3) is 10.9 Å². The third kappa shape index (κ3) is 6.75. The van der Waals surface area contributed by atoms with Gasteiger partial charge < -0.3 is 14.8 Å². The minimum absolute atomic E-state index is 0.0696. The average molecular weight is 537 g/mol. The number of aromatic nitrogens is 1. The number of para-hydroxylation sites is 1. The molecule has 36 heavy (non-hydrogen) atoms. The van der Waals surface area contributed by atoms with E-state index in [1.165, 1.54) is 35.9 Å². The lowest BCUT2D eigenvalue weighted by atomic mass is 10.1. The highest BCUT2D eigenvalue weighted by Gasteiger charge is 2.32. The topological polar surface area (TPSA) is 107 Å². The summed E-state index contributed by atoms with van der Waals surface area (Å²) in [6.45, 7) is -0.406. The Balaban J connectivity index is 2.17. The van der Waals surface area contributed by atoms with Gasteiger partial charge in [-0.2, -0.15) is 13.2 Å². The summed E-state index contributed by atoms with van der Waals surface area (Å²) in [7, 11) is -4.71. The van der Waals surface area contributed by atoms with Gasteiger partial charge in [-0.1, -0.05) is 12.1 Å². The maximum Gasteiger partial charge on any atom is 0.573 e. The standard InChI is InChI=1S/C21H17F6N3O5S/c1-2-34-19(31)14-10-28-15-8-7-12(35-21(25,26)27)9-13(15)18(14)30-16-5-3-4-6-17(16)36(32,33)29-11-20(22,23)24/h3-10,29H,2,11H2,1H3,(H,28,30). The van der Waals surface area contributed by atoms with Crippen LogP contribution in [-0.4, -0.2) is 45.1 Å². The molecule has 0 atom stereocenters. The normalized spacial score (nSPS) is 12.4. The number of nitrogens with zero attached hydrogens (tertiary/aromatic N) is 1. The molecule has 194 valence electrons. The second kappa shape index (κ2) is 10.2. The molecule has 0 aliphatic rings. The van der Waals surface area contributed by atoms with Crippen molar-refractivity contribution in [3.63, 3.8) is 0 Å². The number of alkyl halides is 6. The summed E-state index contributed by atoms with van der Waals surface area (Å²) in [5.41, 5.74) is -0.656. The smallest absolute Gasteiger partial charge is 0.462 e. The third-order valence-corrected chi connectivity index (χ3v) is 5.93. The predicted octanol–water partition coefficient (Wildman–Crippen LogP) is 4.89. The highest BCUT2D eigenvalue weighted by Crippen LogP contribution is 2.35. The number of hydrogen-bond donors (Lipinski definition) is 2. The maximum atomic E-state index is 12.8. The van der Waals surface area contributed by atoms with Crippen LogP contribution in [0.15, 0.2) is 53.6 Å². The van der Waals surface area contributed by atoms with Crippen molar-refractivity contribution in [2.45, 2.75) is 24.4 Å². The van der Waals surface area contributed by atoms with Gasteiger partial charge in [0.2, 0.25) is 10.0 Å². The van der Waals surface area contributed by atoms with Gasteiger partial charge in [0, 0.05) is 11.6 Å². The Labute approximate surface area is 200 Å². The van der Waals surface area contributed by atoms with Gasteiger partial charge >= 0.3 is 18.5 Å². The molecule has 3 rings (SSSR count). The van der Waals surface area contributed by atoms with Crippen LogP contribution < -0.4 is 14.8 Å². The van der Waals surface area contributed by atoms with E-state index < -0.39 is 45.7 Å². The molecule has 0 spiro atoms. The molecule has 8 nitrogen and oxygen atoms in total. The molecule has 0 radical (unpaired) electrons. The first-order valence-corrected chi connectivity index (χ1v) is 11.5. The van der Waals surface area contributed by atoms with Gasteiger partial charge in [0.05, 0.1) is 23.5 Å². The molecule has 0 unspecified atom stereocenters. The van der Waals surface area contributed by atoms with Crippen molar-refractivity contribution in [3.8, 4) is 5.75 Å². The lowest BCUT2D eigenvalue weighted by molar-refractivity contribution is -0.274. The largest absolute Gasteiger partial charge is 0.573 e. The Morgan fingerprint density at radius 2 is 1.75 bits per heavy atom. The lowest BCUT2D eigenvalue weighted by Crippen LogP contribution is -2.34. The molecular weight excluding hydrogens is 520 g/mol. The SMILES string of the molecule is CCOC(=O)c1cnc2ccc(OC(F)(F)F)cc2c1Nc1ccccc1S(=O)(=O)NCC(F)(F)F. The lowest BCUT2D eigenvalue weighted by Gasteiger charge is -2.18. The highest BCUT2D eigenvalue weighted by molar-refractivity contribution is 7.89. The summed E-state index contributed by atoms with van der Waals surface area (Å²) in [6, 6.07) is 7.88. The van der Waals surface area contributed by atoms with E-state index in [-0.39, 0.29) is 34.4 Å². The fourth-order valence-electron chi connectivity index (χ4n) is 3.06. The molecule has 0 bridgehead atoms. The summed E-state index contributed by atoms with van der Waals surface area (Å²) in [5, 5.41) is 2.55. The molecule has 1 aromatic heterocycles. The quantitative estimate of drug-likeness (QED) is 0.311. The average Bonchev–Trinajstić information content (AvgIpc) is 2.77. The molecule has 2 aromatic carbocycles. The molecule has 0 aliphatic heterocycles. The van der Waals surface area contributed by atoms with Crippen molar-refractivity contribution in [1.29, 1.82) is 0 Å². The molecule has 0 saturated carbocycles. The molecule has 0 saturated heterocycles. The number of ether oxygens (including phenoxy) is 2. The second-order valence-corrected chi connectivity index (χ2v) is 8.79. The first kappa shape index (κ1) is 27.0. The zero-order valence-electron chi connectivity index (χ0n) is 18.2. The van der Waals surface area contributed by atoms with Crippen LogP contribution in [0.4, 0.5) is 37.7 Å². The number of carbonyl (C=O) groups is 1. The number of rotatable bonds is 8. The first-order valence-electron chi connectivity index (χ1n) is 9.98. The summed E-state index contributed by atoms with van der Waals surface area (Å²) in [6.07, 6.45) is -8.80. The number of nitrogens with one attached hydrogen (secondary N) is 2. The molecule has 0 aliphatic carbocycles. The number of halogens is 6. The minimum atomic E-state index is -5.03. The van der Waals surface area contributed by atoms with Gasteiger partial charge in [-0.15, -0.1) is 13.2 Å². The van der Waals surface area contributed by atoms with Crippen molar-refractivity contribution in [2.75, 3.05) is 18.5 Å². The highest BCUT2D eigenvalue weighted by atomic mass is 32.2. The zero-order valence-corrected chi connectivity index (χ0v) is 19.0. The molecule has 1 heterocycles. The summed E-state index contributed by atoms with van der Waals surface area (Å²) in [4.78, 5) is 15.9. The zero-order chi connectivity index (χ0) is 26.7. The number of sulfonamides is 1. The number of hydrogen-bond acceptors (Lipinski definition) is 7. The van der Waals surface area contributed by atoms with E-state index in [1.54, 1.807) is 0 Å². The van der Waals surface area contributed by atoms with E-state index in [2.05, 4.69) is 15.0 Å². The maximum absolute atomic E-state index is 12.8. The van der Waals surface area contributed by atoms with E-state index in [9.17, 15) is 39.6 Å². The molecule has 3 aromatic rings. The summed E-state index contributed by atoms with van der Waals surface area (Å²) >= 11 is 0. The van der Waals surface area contributed by atoms with Gasteiger partial charge in [0.15, 0.2) is 0 Å². The number of fused-ring (bicyclic) bond motifs is 1. The van der Waals surface area contributed by atoms with Crippen molar-refractivity contribution in [2.24, 2.45) is 0 Å². The van der Waals surface area contributed by atoms with Crippen LogP contribution >= 0.6 is 0 Å². The summed E-state index contributed by atoms with van der Waals surface area (Å²) in [5.74, 6) is -1.60. The molecule has 0 fully saturated rings. The van der Waals surface area contributed by atoms with E-state index >= 15 is 0 Å².